The first kappa shape index (κ1) is 18.9. The summed E-state index contributed by atoms with van der Waals surface area (Å²) in [7, 11) is 1.87. The van der Waals surface area contributed by atoms with Crippen LogP contribution in [0.1, 0.15) is 22.2 Å². The number of fused-ring (bicyclic) bond motifs is 4. The molecule has 0 spiro atoms. The van der Waals surface area contributed by atoms with Gasteiger partial charge < -0.3 is 10.3 Å². The van der Waals surface area contributed by atoms with Gasteiger partial charge >= 0.3 is 0 Å². The molecule has 0 aliphatic heterocycles. The Morgan fingerprint density at radius 3 is 2.78 bits per heavy atom. The summed E-state index contributed by atoms with van der Waals surface area (Å²) in [6.07, 6.45) is 3.53. The maximum absolute atomic E-state index is 13.3. The molecule has 8 nitrogen and oxygen atoms in total. The van der Waals surface area contributed by atoms with Crippen LogP contribution in [0.25, 0.3) is 32.2 Å². The van der Waals surface area contributed by atoms with E-state index in [1.165, 1.54) is 16.0 Å². The lowest BCUT2D eigenvalue weighted by molar-refractivity contribution is 0.647. The molecule has 0 amide bonds. The molecule has 6 rings (SSSR count). The lowest BCUT2D eigenvalue weighted by atomic mass is 10.1. The largest absolute Gasteiger partial charge is 0.323 e. The highest BCUT2D eigenvalue weighted by atomic mass is 32.1. The molecule has 0 aliphatic carbocycles. The molecule has 0 bridgehead atoms. The first-order valence-electron chi connectivity index (χ1n) is 10.2. The minimum absolute atomic E-state index is 0.149. The lowest BCUT2D eigenvalue weighted by Crippen LogP contribution is -2.24. The van der Waals surface area contributed by atoms with Crippen molar-refractivity contribution >= 4 is 43.5 Å². The number of H-pyrrole nitrogens is 1. The van der Waals surface area contributed by atoms with Gasteiger partial charge in [0, 0.05) is 17.8 Å². The number of aromatic nitrogens is 6. The SMILES string of the molecule is Cn1c2nc(C(N)c3ccccc3)sc2c2cnn(Cc3cccc4[nH]ncc34)c(=O)c21. The molecule has 0 radical (unpaired) electrons. The van der Waals surface area contributed by atoms with Crippen LogP contribution in [0.2, 0.25) is 0 Å². The van der Waals surface area contributed by atoms with Crippen molar-refractivity contribution in [1.29, 1.82) is 0 Å². The van der Waals surface area contributed by atoms with Crippen molar-refractivity contribution in [1.82, 2.24) is 29.5 Å². The van der Waals surface area contributed by atoms with Crippen molar-refractivity contribution in [2.75, 3.05) is 0 Å². The van der Waals surface area contributed by atoms with Crippen LogP contribution >= 0.6 is 11.3 Å². The van der Waals surface area contributed by atoms with Gasteiger partial charge in [0.1, 0.15) is 10.5 Å². The normalized spacial score (nSPS) is 12.8. The van der Waals surface area contributed by atoms with Crippen LogP contribution < -0.4 is 11.3 Å². The van der Waals surface area contributed by atoms with Gasteiger partial charge in [-0.3, -0.25) is 9.89 Å². The second-order valence-electron chi connectivity index (χ2n) is 7.77. The standard InChI is InChI=1S/C23H19N7OS/c1-29-19-16(20-21(29)27-22(32-20)18(24)13-6-3-2-4-7-13)11-26-30(23(19)31)12-14-8-5-9-17-15(14)10-25-28-17/h2-11,18H,12,24H2,1H3,(H,25,28). The van der Waals surface area contributed by atoms with Crippen molar-refractivity contribution in [3.8, 4) is 0 Å². The van der Waals surface area contributed by atoms with Crippen molar-refractivity contribution in [2.45, 2.75) is 12.6 Å². The van der Waals surface area contributed by atoms with E-state index in [1.807, 2.05) is 60.1 Å². The van der Waals surface area contributed by atoms with Crippen molar-refractivity contribution in [2.24, 2.45) is 12.8 Å². The molecule has 0 saturated carbocycles. The van der Waals surface area contributed by atoms with E-state index in [-0.39, 0.29) is 11.6 Å². The van der Waals surface area contributed by atoms with Crippen LogP contribution in [-0.4, -0.2) is 29.5 Å². The number of aryl methyl sites for hydroxylation is 1. The van der Waals surface area contributed by atoms with Crippen LogP contribution in [0, 0.1) is 0 Å². The fraction of sp³-hybridized carbons (Fsp3) is 0.130. The third-order valence-corrected chi connectivity index (χ3v) is 7.02. The highest BCUT2D eigenvalue weighted by molar-refractivity contribution is 7.19. The summed E-state index contributed by atoms with van der Waals surface area (Å²) < 4.78 is 4.27. The van der Waals surface area contributed by atoms with Gasteiger partial charge in [-0.15, -0.1) is 11.3 Å². The Hall–Kier alpha value is -3.82. The van der Waals surface area contributed by atoms with E-state index >= 15 is 0 Å². The number of nitrogens with zero attached hydrogens (tertiary/aromatic N) is 5. The molecule has 1 unspecified atom stereocenters. The Bertz CT molecular complexity index is 1660. The van der Waals surface area contributed by atoms with Crippen molar-refractivity contribution < 1.29 is 0 Å². The Morgan fingerprint density at radius 2 is 1.94 bits per heavy atom. The van der Waals surface area contributed by atoms with Gasteiger partial charge in [-0.05, 0) is 17.2 Å². The summed E-state index contributed by atoms with van der Waals surface area (Å²) in [5.41, 5.74) is 10.6. The second kappa shape index (κ2) is 7.11. The second-order valence-corrected chi connectivity index (χ2v) is 8.80. The molecule has 4 aromatic heterocycles. The molecular formula is C23H19N7OS. The van der Waals surface area contributed by atoms with Gasteiger partial charge in [0.25, 0.3) is 5.56 Å². The van der Waals surface area contributed by atoms with Crippen LogP contribution in [0.5, 0.6) is 0 Å². The minimum atomic E-state index is -0.313. The summed E-state index contributed by atoms with van der Waals surface area (Å²) in [4.78, 5) is 18.1. The highest BCUT2D eigenvalue weighted by Crippen LogP contribution is 2.34. The maximum atomic E-state index is 13.3. The van der Waals surface area contributed by atoms with E-state index < -0.39 is 0 Å². The Kier molecular flexibility index (Phi) is 4.20. The Balaban J connectivity index is 1.45. The summed E-state index contributed by atoms with van der Waals surface area (Å²) in [5, 5.41) is 14.1. The molecule has 0 saturated heterocycles. The maximum Gasteiger partial charge on any atom is 0.291 e. The Morgan fingerprint density at radius 1 is 1.09 bits per heavy atom. The average Bonchev–Trinajstić information content (AvgIpc) is 3.53. The smallest absolute Gasteiger partial charge is 0.291 e. The van der Waals surface area contributed by atoms with Crippen molar-refractivity contribution in [3.05, 3.63) is 87.4 Å². The first-order chi connectivity index (χ1) is 15.6. The molecule has 9 heteroatoms. The number of benzene rings is 2. The van der Waals surface area contributed by atoms with Crippen LogP contribution in [0.15, 0.2) is 65.7 Å². The number of hydrogen-bond donors (Lipinski definition) is 2. The van der Waals surface area contributed by atoms with Gasteiger partial charge in [0.05, 0.1) is 35.2 Å². The van der Waals surface area contributed by atoms with Gasteiger partial charge in [0.15, 0.2) is 5.65 Å². The van der Waals surface area contributed by atoms with Crippen LogP contribution in [0.3, 0.4) is 0 Å². The number of rotatable bonds is 4. The van der Waals surface area contributed by atoms with Crippen molar-refractivity contribution in [3.63, 3.8) is 0 Å². The van der Waals surface area contributed by atoms with E-state index in [0.717, 1.165) is 42.8 Å². The molecule has 2 aromatic carbocycles. The number of aromatic amines is 1. The summed E-state index contributed by atoms with van der Waals surface area (Å²) in [5.74, 6) is 0. The topological polar surface area (TPSA) is 107 Å². The first-order valence-corrected chi connectivity index (χ1v) is 11.0. The van der Waals surface area contributed by atoms with E-state index in [1.54, 1.807) is 12.4 Å². The molecule has 1 atom stereocenters. The van der Waals surface area contributed by atoms with Gasteiger partial charge in [-0.2, -0.15) is 10.2 Å². The number of nitrogens with one attached hydrogen (secondary N) is 1. The summed E-state index contributed by atoms with van der Waals surface area (Å²) in [6, 6.07) is 15.5. The van der Waals surface area contributed by atoms with E-state index in [2.05, 4.69) is 15.3 Å². The van der Waals surface area contributed by atoms with Gasteiger partial charge in [-0.25, -0.2) is 9.67 Å². The van der Waals surface area contributed by atoms with Gasteiger partial charge in [0.2, 0.25) is 0 Å². The number of nitrogens with two attached hydrogens (primary N) is 1. The predicted octanol–water partition coefficient (Wildman–Crippen LogP) is 3.32. The predicted molar refractivity (Wildman–Crippen MR) is 126 cm³/mol. The average molecular weight is 442 g/mol. The molecule has 32 heavy (non-hydrogen) atoms. The molecule has 0 aliphatic rings. The number of thiazole rings is 1. The van der Waals surface area contributed by atoms with E-state index in [9.17, 15) is 4.79 Å². The molecule has 3 N–H and O–H groups in total. The third kappa shape index (κ3) is 2.79. The molecule has 6 aromatic rings. The monoisotopic (exact) mass is 441 g/mol. The lowest BCUT2D eigenvalue weighted by Gasteiger charge is -2.08. The fourth-order valence-corrected chi connectivity index (χ4v) is 5.32. The summed E-state index contributed by atoms with van der Waals surface area (Å²) >= 11 is 1.51. The zero-order valence-corrected chi connectivity index (χ0v) is 18.0. The van der Waals surface area contributed by atoms with E-state index in [4.69, 9.17) is 10.7 Å². The number of hydrogen-bond acceptors (Lipinski definition) is 6. The zero-order valence-electron chi connectivity index (χ0n) is 17.2. The minimum Gasteiger partial charge on any atom is -0.323 e. The third-order valence-electron chi connectivity index (χ3n) is 5.86. The molecular weight excluding hydrogens is 422 g/mol. The summed E-state index contributed by atoms with van der Waals surface area (Å²) in [6.45, 7) is 0.363. The Labute approximate surface area is 185 Å². The van der Waals surface area contributed by atoms with Crippen LogP contribution in [-0.2, 0) is 13.6 Å². The van der Waals surface area contributed by atoms with Crippen LogP contribution in [0.4, 0.5) is 0 Å². The fourth-order valence-electron chi connectivity index (χ4n) is 4.18. The zero-order chi connectivity index (χ0) is 21.8. The molecule has 158 valence electrons. The molecule has 4 heterocycles. The highest BCUT2D eigenvalue weighted by Gasteiger charge is 2.21. The van der Waals surface area contributed by atoms with E-state index in [0.29, 0.717) is 12.1 Å². The quantitative estimate of drug-likeness (QED) is 0.436. The van der Waals surface area contributed by atoms with Gasteiger partial charge in [-0.1, -0.05) is 42.5 Å². The molecule has 0 fully saturated rings.